The Morgan fingerprint density at radius 1 is 1.33 bits per heavy atom. The molecule has 0 unspecified atom stereocenters. The third kappa shape index (κ3) is 3.28. The van der Waals surface area contributed by atoms with Crippen molar-refractivity contribution < 1.29 is 9.53 Å². The Bertz CT molecular complexity index is 634. The molecular formula is C23H36O2S2. The maximum Gasteiger partial charge on any atom is 0.159 e. The number of rotatable bonds is 7. The summed E-state index contributed by atoms with van der Waals surface area (Å²) in [6, 6.07) is 0. The van der Waals surface area contributed by atoms with Crippen LogP contribution in [-0.4, -0.2) is 34.6 Å². The largest absolute Gasteiger partial charge is 0.380 e. The van der Waals surface area contributed by atoms with E-state index in [2.05, 4.69) is 63.9 Å². The summed E-state index contributed by atoms with van der Waals surface area (Å²) >= 11 is 4.19. The Morgan fingerprint density at radius 3 is 2.56 bits per heavy atom. The van der Waals surface area contributed by atoms with Crippen molar-refractivity contribution >= 4 is 29.3 Å². The third-order valence-corrected chi connectivity index (χ3v) is 12.1. The Kier molecular flexibility index (Phi) is 6.31. The average Bonchev–Trinajstić information content (AvgIpc) is 3.31. The van der Waals surface area contributed by atoms with Crippen LogP contribution < -0.4 is 0 Å². The van der Waals surface area contributed by atoms with Gasteiger partial charge in [-0.2, -0.15) is 0 Å². The lowest BCUT2D eigenvalue weighted by Crippen LogP contribution is -2.49. The van der Waals surface area contributed by atoms with Gasteiger partial charge in [-0.15, -0.1) is 30.1 Å². The van der Waals surface area contributed by atoms with E-state index in [1.54, 1.807) is 0 Å². The lowest BCUT2D eigenvalue weighted by Gasteiger charge is -2.51. The fourth-order valence-electron chi connectivity index (χ4n) is 5.77. The topological polar surface area (TPSA) is 26.3 Å². The summed E-state index contributed by atoms with van der Waals surface area (Å²) in [7, 11) is 1.84. The zero-order chi connectivity index (χ0) is 19.9. The minimum Gasteiger partial charge on any atom is -0.380 e. The number of ether oxygens (including phenoxy) is 1. The van der Waals surface area contributed by atoms with Crippen LogP contribution >= 0.6 is 23.5 Å². The molecule has 0 N–H and O–H groups in total. The minimum absolute atomic E-state index is 0.0309. The number of Topliss-reactive ketones (excluding diaryl/α,β-unsaturated/α-hetero) is 1. The van der Waals surface area contributed by atoms with E-state index in [9.17, 15) is 4.79 Å². The van der Waals surface area contributed by atoms with Crippen LogP contribution in [0.2, 0.25) is 0 Å². The molecule has 0 saturated carbocycles. The van der Waals surface area contributed by atoms with Crippen molar-refractivity contribution in [3.63, 3.8) is 0 Å². The van der Waals surface area contributed by atoms with Crippen LogP contribution in [0.4, 0.5) is 0 Å². The molecule has 0 spiro atoms. The average molecular weight is 409 g/mol. The maximum atomic E-state index is 12.9. The van der Waals surface area contributed by atoms with Gasteiger partial charge in [0.25, 0.3) is 0 Å². The van der Waals surface area contributed by atoms with E-state index in [1.165, 1.54) is 17.1 Å². The highest BCUT2D eigenvalue weighted by Gasteiger charge is 2.55. The van der Waals surface area contributed by atoms with E-state index in [-0.39, 0.29) is 21.0 Å². The van der Waals surface area contributed by atoms with Crippen LogP contribution in [0.3, 0.4) is 0 Å². The van der Waals surface area contributed by atoms with Crippen molar-refractivity contribution in [2.75, 3.05) is 18.6 Å². The Hall–Kier alpha value is -0.190. The summed E-state index contributed by atoms with van der Waals surface area (Å²) in [5.74, 6) is 3.25. The molecule has 1 saturated heterocycles. The Morgan fingerprint density at radius 2 is 2.00 bits per heavy atom. The SMILES string of the molecule is C=C[C@](C)(C[C@@H](OC)[C@]1(C)C2=C(CCC2=O)CC[C@H]1C)C1(CC)SCCS1. The number of thioether (sulfide) groups is 2. The molecule has 1 aliphatic heterocycles. The zero-order valence-corrected chi connectivity index (χ0v) is 19.4. The van der Waals surface area contributed by atoms with Crippen LogP contribution in [0.1, 0.15) is 66.2 Å². The van der Waals surface area contributed by atoms with Crippen LogP contribution in [0, 0.1) is 16.7 Å². The first-order valence-corrected chi connectivity index (χ1v) is 12.4. The Labute approximate surface area is 174 Å². The van der Waals surface area contributed by atoms with Crippen molar-refractivity contribution in [2.24, 2.45) is 16.7 Å². The molecule has 0 radical (unpaired) electrons. The van der Waals surface area contributed by atoms with Crippen LogP contribution in [0.15, 0.2) is 23.8 Å². The number of hydrogen-bond donors (Lipinski definition) is 0. The van der Waals surface area contributed by atoms with Crippen molar-refractivity contribution in [1.82, 2.24) is 0 Å². The number of carbonyl (C=O) groups is 1. The number of allylic oxidation sites excluding steroid dienone is 2. The molecule has 0 amide bonds. The molecule has 4 heteroatoms. The van der Waals surface area contributed by atoms with Gasteiger partial charge in [-0.05, 0) is 38.0 Å². The van der Waals surface area contributed by atoms with E-state index in [4.69, 9.17) is 4.74 Å². The summed E-state index contributed by atoms with van der Waals surface area (Å²) in [5, 5.41) is 0. The fraction of sp³-hybridized carbons (Fsp3) is 0.783. The predicted octanol–water partition coefficient (Wildman–Crippen LogP) is 6.27. The first-order chi connectivity index (χ1) is 12.8. The molecule has 2 nitrogen and oxygen atoms in total. The van der Waals surface area contributed by atoms with Gasteiger partial charge in [-0.3, -0.25) is 4.79 Å². The van der Waals surface area contributed by atoms with Crippen molar-refractivity contribution in [3.05, 3.63) is 23.8 Å². The highest BCUT2D eigenvalue weighted by Crippen LogP contribution is 2.61. The smallest absolute Gasteiger partial charge is 0.159 e. The van der Waals surface area contributed by atoms with Crippen LogP contribution in [-0.2, 0) is 9.53 Å². The van der Waals surface area contributed by atoms with Crippen LogP contribution in [0.5, 0.6) is 0 Å². The number of carbonyl (C=O) groups excluding carboxylic acids is 1. The van der Waals surface area contributed by atoms with Crippen molar-refractivity contribution in [1.29, 1.82) is 0 Å². The van der Waals surface area contributed by atoms with Gasteiger partial charge in [0.2, 0.25) is 0 Å². The number of ketones is 1. The highest BCUT2D eigenvalue weighted by molar-refractivity contribution is 8.21. The highest BCUT2D eigenvalue weighted by atomic mass is 32.2. The molecule has 3 aliphatic rings. The summed E-state index contributed by atoms with van der Waals surface area (Å²) in [5.41, 5.74) is 2.31. The molecule has 0 aromatic carbocycles. The molecule has 0 aromatic rings. The fourth-order valence-corrected chi connectivity index (χ4v) is 9.33. The maximum absolute atomic E-state index is 12.9. The van der Waals surface area contributed by atoms with Gasteiger partial charge in [0.05, 0.1) is 10.2 Å². The summed E-state index contributed by atoms with van der Waals surface area (Å²) in [4.78, 5) is 12.9. The molecule has 3 rings (SSSR count). The lowest BCUT2D eigenvalue weighted by molar-refractivity contribution is -0.118. The third-order valence-electron chi connectivity index (χ3n) is 7.83. The molecule has 4 atom stereocenters. The molecule has 0 aromatic heterocycles. The van der Waals surface area contributed by atoms with E-state index >= 15 is 0 Å². The normalized spacial score (nSPS) is 33.7. The van der Waals surface area contributed by atoms with Gasteiger partial charge < -0.3 is 4.74 Å². The van der Waals surface area contributed by atoms with Crippen molar-refractivity contribution in [2.45, 2.75) is 76.4 Å². The van der Waals surface area contributed by atoms with Gasteiger partial charge in [0, 0.05) is 41.4 Å². The van der Waals surface area contributed by atoms with Crippen molar-refractivity contribution in [3.8, 4) is 0 Å². The molecule has 2 aliphatic carbocycles. The van der Waals surface area contributed by atoms with Crippen LogP contribution in [0.25, 0.3) is 0 Å². The first-order valence-electron chi connectivity index (χ1n) is 10.5. The summed E-state index contributed by atoms with van der Waals surface area (Å²) < 4.78 is 6.38. The van der Waals surface area contributed by atoms with E-state index in [1.807, 2.05) is 7.11 Å². The molecular weight excluding hydrogens is 372 g/mol. The molecule has 1 fully saturated rings. The predicted molar refractivity (Wildman–Crippen MR) is 119 cm³/mol. The number of hydrogen-bond acceptors (Lipinski definition) is 4. The quantitative estimate of drug-likeness (QED) is 0.464. The monoisotopic (exact) mass is 408 g/mol. The van der Waals surface area contributed by atoms with Gasteiger partial charge in [0.15, 0.2) is 5.78 Å². The minimum atomic E-state index is -0.191. The van der Waals surface area contributed by atoms with E-state index < -0.39 is 0 Å². The summed E-state index contributed by atoms with van der Waals surface area (Å²) in [6.07, 6.45) is 8.19. The second kappa shape index (κ2) is 7.91. The van der Waals surface area contributed by atoms with E-state index in [0.717, 1.165) is 37.7 Å². The second-order valence-corrected chi connectivity index (χ2v) is 12.0. The van der Waals surface area contributed by atoms with Gasteiger partial charge in [-0.25, -0.2) is 0 Å². The Balaban J connectivity index is 1.99. The lowest BCUT2D eigenvalue weighted by atomic mass is 9.59. The number of methoxy groups -OCH3 is 1. The molecule has 0 bridgehead atoms. The second-order valence-electron chi connectivity index (χ2n) is 8.98. The summed E-state index contributed by atoms with van der Waals surface area (Å²) in [6.45, 7) is 13.6. The van der Waals surface area contributed by atoms with Gasteiger partial charge >= 0.3 is 0 Å². The van der Waals surface area contributed by atoms with Gasteiger partial charge in [0.1, 0.15) is 0 Å². The molecule has 27 heavy (non-hydrogen) atoms. The standard InChI is InChI=1S/C23H36O2S2/c1-7-21(4,23(8-2)26-13-14-27-23)15-19(25-6)22(5)16(3)9-10-17-11-12-18(24)20(17)22/h7,16,19H,1,8-15H2,2-6H3/t16-,19-,21-,22-/m1/s1. The molecule has 152 valence electrons. The molecule has 1 heterocycles. The van der Waals surface area contributed by atoms with E-state index in [0.29, 0.717) is 18.1 Å². The van der Waals surface area contributed by atoms with Gasteiger partial charge in [-0.1, -0.05) is 39.3 Å². The first kappa shape index (κ1) is 21.5. The zero-order valence-electron chi connectivity index (χ0n) is 17.7.